The molecule has 7 heteroatoms. The van der Waals surface area contributed by atoms with Gasteiger partial charge in [0.2, 0.25) is 0 Å². The third kappa shape index (κ3) is 7.68. The van der Waals surface area contributed by atoms with Crippen LogP contribution in [0, 0.1) is 5.82 Å². The average Bonchev–Trinajstić information content (AvgIpc) is 2.91. The maximum absolute atomic E-state index is 15.2. The molecule has 0 radical (unpaired) electrons. The predicted octanol–water partition coefficient (Wildman–Crippen LogP) is 7.51. The summed E-state index contributed by atoms with van der Waals surface area (Å²) in [6.45, 7) is -0.0128. The van der Waals surface area contributed by atoms with Gasteiger partial charge in [0.05, 0.1) is 19.0 Å². The van der Waals surface area contributed by atoms with Crippen LogP contribution in [0.15, 0.2) is 67.0 Å². The van der Waals surface area contributed by atoms with Crippen molar-refractivity contribution in [1.29, 1.82) is 0 Å². The normalized spacial score (nSPS) is 11.3. The Morgan fingerprint density at radius 3 is 2.24 bits per heavy atom. The van der Waals surface area contributed by atoms with Crippen LogP contribution in [-0.4, -0.2) is 23.2 Å². The van der Waals surface area contributed by atoms with Crippen LogP contribution in [0.5, 0.6) is 11.5 Å². The van der Waals surface area contributed by atoms with Gasteiger partial charge in [-0.2, -0.15) is 8.78 Å². The van der Waals surface area contributed by atoms with Gasteiger partial charge in [-0.3, -0.25) is 0 Å². The highest BCUT2D eigenvalue weighted by Crippen LogP contribution is 2.25. The first-order valence-corrected chi connectivity index (χ1v) is 12.7. The van der Waals surface area contributed by atoms with Crippen molar-refractivity contribution in [2.75, 3.05) is 6.61 Å². The average molecular weight is 509 g/mol. The van der Waals surface area contributed by atoms with Crippen LogP contribution in [0.2, 0.25) is 0 Å². The van der Waals surface area contributed by atoms with Gasteiger partial charge in [-0.1, -0.05) is 62.2 Å². The van der Waals surface area contributed by atoms with Gasteiger partial charge in [0.15, 0.2) is 5.75 Å². The molecule has 0 amide bonds. The molecule has 0 bridgehead atoms. The van der Waals surface area contributed by atoms with Crippen molar-refractivity contribution >= 4 is 10.8 Å². The van der Waals surface area contributed by atoms with Crippen molar-refractivity contribution in [3.63, 3.8) is 0 Å². The molecule has 37 heavy (non-hydrogen) atoms. The molecule has 0 saturated carbocycles. The number of aromatic nitrogens is 2. The molecular formula is C30H31F3N2O2. The van der Waals surface area contributed by atoms with Crippen LogP contribution in [0.25, 0.3) is 10.8 Å². The molecule has 0 unspecified atom stereocenters. The smallest absolute Gasteiger partial charge is 0.387 e. The number of ether oxygens (including phenoxy) is 2. The topological polar surface area (TPSA) is 44.2 Å². The van der Waals surface area contributed by atoms with E-state index in [9.17, 15) is 8.78 Å². The molecule has 194 valence electrons. The first-order chi connectivity index (χ1) is 18.0. The fourth-order valence-corrected chi connectivity index (χ4v) is 4.20. The number of unbranched alkanes of at least 4 members (excludes halogenated alkanes) is 2. The van der Waals surface area contributed by atoms with Gasteiger partial charge in [0.25, 0.3) is 0 Å². The molecule has 3 aromatic carbocycles. The Balaban J connectivity index is 1.33. The first kappa shape index (κ1) is 26.5. The molecule has 0 atom stereocenters. The number of hydrogen-bond acceptors (Lipinski definition) is 4. The number of halogens is 3. The molecule has 4 rings (SSSR count). The minimum Gasteiger partial charge on any atom is -0.490 e. The van der Waals surface area contributed by atoms with Crippen molar-refractivity contribution in [2.24, 2.45) is 0 Å². The number of rotatable bonds is 13. The van der Waals surface area contributed by atoms with E-state index in [1.165, 1.54) is 12.1 Å². The van der Waals surface area contributed by atoms with Crippen LogP contribution in [0.3, 0.4) is 0 Å². The van der Waals surface area contributed by atoms with Crippen LogP contribution in [0.4, 0.5) is 13.2 Å². The zero-order chi connectivity index (χ0) is 26.0. The van der Waals surface area contributed by atoms with Crippen molar-refractivity contribution in [2.45, 2.75) is 58.5 Å². The highest BCUT2D eigenvalue weighted by molar-refractivity contribution is 5.84. The molecule has 0 aliphatic rings. The van der Waals surface area contributed by atoms with Gasteiger partial charge in [0.1, 0.15) is 17.4 Å². The van der Waals surface area contributed by atoms with Gasteiger partial charge >= 0.3 is 6.61 Å². The van der Waals surface area contributed by atoms with Gasteiger partial charge in [-0.25, -0.2) is 14.4 Å². The van der Waals surface area contributed by atoms with E-state index in [0.29, 0.717) is 42.6 Å². The Bertz CT molecular complexity index is 1280. The molecule has 4 nitrogen and oxygen atoms in total. The SMILES string of the molecule is CCCCCOc1cnc(CCc2ccc3c(F)c(CCc4ccc(OC(F)F)cc4)ccc3c2)nc1. The lowest BCUT2D eigenvalue weighted by atomic mass is 9.98. The number of fused-ring (bicyclic) bond motifs is 1. The standard InChI is InChI=1S/C30H31F3N2O2/c1-2-3-4-17-36-26-19-34-28(35-20-26)16-9-22-8-15-27-24(18-22)12-11-23(29(27)31)10-5-21-6-13-25(14-7-21)37-30(32)33/h6-8,11-15,18-20,30H,2-5,9-10,16-17H2,1H3. The number of benzene rings is 3. The molecule has 0 aliphatic carbocycles. The van der Waals surface area contributed by atoms with E-state index in [2.05, 4.69) is 21.6 Å². The summed E-state index contributed by atoms with van der Waals surface area (Å²) >= 11 is 0. The lowest BCUT2D eigenvalue weighted by molar-refractivity contribution is -0.0498. The minimum absolute atomic E-state index is 0.113. The van der Waals surface area contributed by atoms with Crippen LogP contribution in [-0.2, 0) is 25.7 Å². The third-order valence-electron chi connectivity index (χ3n) is 6.27. The van der Waals surface area contributed by atoms with Crippen LogP contribution in [0.1, 0.15) is 48.7 Å². The van der Waals surface area contributed by atoms with Gasteiger partial charge in [-0.05, 0) is 59.9 Å². The molecule has 0 aliphatic heterocycles. The molecule has 1 heterocycles. The second-order valence-electron chi connectivity index (χ2n) is 9.01. The third-order valence-corrected chi connectivity index (χ3v) is 6.27. The highest BCUT2D eigenvalue weighted by Gasteiger charge is 2.10. The van der Waals surface area contributed by atoms with Gasteiger partial charge < -0.3 is 9.47 Å². The fraction of sp³-hybridized carbons (Fsp3) is 0.333. The Morgan fingerprint density at radius 1 is 0.784 bits per heavy atom. The Morgan fingerprint density at radius 2 is 1.51 bits per heavy atom. The van der Waals surface area contributed by atoms with E-state index in [1.54, 1.807) is 24.5 Å². The summed E-state index contributed by atoms with van der Waals surface area (Å²) in [5.41, 5.74) is 2.64. The Kier molecular flexibility index (Phi) is 9.35. The summed E-state index contributed by atoms with van der Waals surface area (Å²) in [4.78, 5) is 8.81. The fourth-order valence-electron chi connectivity index (χ4n) is 4.20. The van der Waals surface area contributed by atoms with E-state index in [0.717, 1.165) is 48.0 Å². The predicted molar refractivity (Wildman–Crippen MR) is 139 cm³/mol. The zero-order valence-corrected chi connectivity index (χ0v) is 20.9. The largest absolute Gasteiger partial charge is 0.490 e. The maximum Gasteiger partial charge on any atom is 0.387 e. The van der Waals surface area contributed by atoms with Crippen molar-refractivity contribution < 1.29 is 22.6 Å². The molecule has 0 N–H and O–H groups in total. The zero-order valence-electron chi connectivity index (χ0n) is 20.9. The summed E-state index contributed by atoms with van der Waals surface area (Å²) in [5.74, 6) is 1.33. The number of nitrogens with zero attached hydrogens (tertiary/aromatic N) is 2. The maximum atomic E-state index is 15.2. The Hall–Kier alpha value is -3.61. The number of aryl methyl sites for hydroxylation is 4. The molecule has 0 saturated heterocycles. The number of hydrogen-bond donors (Lipinski definition) is 0. The molecule has 0 spiro atoms. The summed E-state index contributed by atoms with van der Waals surface area (Å²) < 4.78 is 49.8. The van der Waals surface area contributed by atoms with E-state index in [4.69, 9.17) is 4.74 Å². The lowest BCUT2D eigenvalue weighted by Crippen LogP contribution is -2.02. The lowest BCUT2D eigenvalue weighted by Gasteiger charge is -2.10. The summed E-state index contributed by atoms with van der Waals surface area (Å²) in [6, 6.07) is 16.0. The van der Waals surface area contributed by atoms with Crippen LogP contribution < -0.4 is 9.47 Å². The minimum atomic E-state index is -2.85. The van der Waals surface area contributed by atoms with Crippen molar-refractivity contribution in [3.8, 4) is 11.5 Å². The van der Waals surface area contributed by atoms with E-state index in [-0.39, 0.29) is 11.6 Å². The van der Waals surface area contributed by atoms with E-state index >= 15 is 4.39 Å². The molecular weight excluding hydrogens is 477 g/mol. The number of alkyl halides is 2. The van der Waals surface area contributed by atoms with E-state index in [1.807, 2.05) is 30.3 Å². The first-order valence-electron chi connectivity index (χ1n) is 12.7. The van der Waals surface area contributed by atoms with E-state index < -0.39 is 6.61 Å². The Labute approximate surface area is 215 Å². The summed E-state index contributed by atoms with van der Waals surface area (Å²) in [5, 5.41) is 1.44. The summed E-state index contributed by atoms with van der Waals surface area (Å²) in [6.07, 6.45) is 9.30. The van der Waals surface area contributed by atoms with Crippen molar-refractivity contribution in [1.82, 2.24) is 9.97 Å². The quantitative estimate of drug-likeness (QED) is 0.175. The summed E-state index contributed by atoms with van der Waals surface area (Å²) in [7, 11) is 0. The van der Waals surface area contributed by atoms with Gasteiger partial charge in [0, 0.05) is 11.8 Å². The highest BCUT2D eigenvalue weighted by atomic mass is 19.3. The van der Waals surface area contributed by atoms with Gasteiger partial charge in [-0.15, -0.1) is 0 Å². The molecule has 0 fully saturated rings. The second-order valence-corrected chi connectivity index (χ2v) is 9.01. The monoisotopic (exact) mass is 508 g/mol. The molecule has 1 aromatic heterocycles. The molecule has 4 aromatic rings. The second kappa shape index (κ2) is 13.1. The van der Waals surface area contributed by atoms with Crippen LogP contribution >= 0.6 is 0 Å². The van der Waals surface area contributed by atoms with Crippen molar-refractivity contribution in [3.05, 3.63) is 95.3 Å².